The van der Waals surface area contributed by atoms with Crippen LogP contribution in [0.5, 0.6) is 0 Å². The van der Waals surface area contributed by atoms with E-state index in [0.29, 0.717) is 29.7 Å². The molecule has 0 spiro atoms. The highest BCUT2D eigenvalue weighted by Crippen LogP contribution is 2.30. The lowest BCUT2D eigenvalue weighted by Crippen LogP contribution is -2.05. The highest BCUT2D eigenvalue weighted by Gasteiger charge is 2.18. The lowest BCUT2D eigenvalue weighted by atomic mass is 9.92. The number of methoxy groups -OCH3 is 1. The van der Waals surface area contributed by atoms with Gasteiger partial charge in [-0.15, -0.1) is 0 Å². The average Bonchev–Trinajstić information content (AvgIpc) is 2.21. The fourth-order valence-electron chi connectivity index (χ4n) is 1.41. The van der Waals surface area contributed by atoms with E-state index >= 15 is 0 Å². The first-order valence-corrected chi connectivity index (χ1v) is 4.24. The van der Waals surface area contributed by atoms with E-state index in [2.05, 4.69) is 12.6 Å². The summed E-state index contributed by atoms with van der Waals surface area (Å²) in [6.07, 6.45) is 3.51. The van der Waals surface area contributed by atoms with Crippen molar-refractivity contribution >= 4 is 6.29 Å². The lowest BCUT2D eigenvalue weighted by molar-refractivity contribution is -0.107. The number of carbonyl (C=O) groups is 1. The molecule has 0 unspecified atom stereocenters. The molecule has 0 aromatic heterocycles. The number of carbonyl (C=O) groups excluding carboxylic acids is 1. The zero-order valence-corrected chi connectivity index (χ0v) is 8.04. The van der Waals surface area contributed by atoms with E-state index in [-0.39, 0.29) is 0 Å². The molecular weight excluding hydrogens is 178 g/mol. The molecule has 0 aromatic carbocycles. The van der Waals surface area contributed by atoms with Crippen LogP contribution in [0.3, 0.4) is 0 Å². The van der Waals surface area contributed by atoms with Gasteiger partial charge in [0.05, 0.1) is 18.8 Å². The summed E-state index contributed by atoms with van der Waals surface area (Å²) in [5, 5.41) is 8.80. The molecule has 0 atom stereocenters. The number of nitrogens with zero attached hydrogens (tertiary/aromatic N) is 1. The summed E-state index contributed by atoms with van der Waals surface area (Å²) in [4.78, 5) is 10.4. The first-order valence-electron chi connectivity index (χ1n) is 4.24. The van der Waals surface area contributed by atoms with E-state index in [4.69, 9.17) is 10.00 Å². The number of nitriles is 1. The van der Waals surface area contributed by atoms with E-state index in [9.17, 15) is 4.79 Å². The Labute approximate surface area is 83.0 Å². The molecule has 1 rings (SSSR count). The molecule has 0 aliphatic heterocycles. The van der Waals surface area contributed by atoms with Gasteiger partial charge in [0.15, 0.2) is 0 Å². The number of hydrogen-bond donors (Lipinski definition) is 0. The minimum absolute atomic E-state index is 0.324. The maximum Gasteiger partial charge on any atom is 0.139 e. The number of hydrogen-bond acceptors (Lipinski definition) is 3. The Balaban J connectivity index is 2.99. The van der Waals surface area contributed by atoms with Crippen LogP contribution in [0.15, 0.2) is 35.1 Å². The first kappa shape index (κ1) is 10.3. The van der Waals surface area contributed by atoms with Crippen molar-refractivity contribution in [3.05, 3.63) is 35.1 Å². The lowest BCUT2D eigenvalue weighted by Gasteiger charge is -2.17. The summed E-state index contributed by atoms with van der Waals surface area (Å²) < 4.78 is 5.08. The average molecular weight is 189 g/mol. The van der Waals surface area contributed by atoms with Gasteiger partial charge in [0.25, 0.3) is 0 Å². The standard InChI is InChI=1S/C11H11NO2/c1-8-9(5-6-13)3-4-10(7-12)11(8)14-2/h3,6H,1,4-5H2,2H3. The highest BCUT2D eigenvalue weighted by atomic mass is 16.5. The van der Waals surface area contributed by atoms with Crippen molar-refractivity contribution in [2.45, 2.75) is 12.8 Å². The van der Waals surface area contributed by atoms with Gasteiger partial charge in [-0.05, 0) is 5.57 Å². The van der Waals surface area contributed by atoms with Gasteiger partial charge in [-0.2, -0.15) is 5.26 Å². The van der Waals surface area contributed by atoms with Crippen molar-refractivity contribution < 1.29 is 9.53 Å². The van der Waals surface area contributed by atoms with E-state index in [1.54, 1.807) is 0 Å². The zero-order valence-electron chi connectivity index (χ0n) is 8.04. The second-order valence-corrected chi connectivity index (χ2v) is 2.91. The molecule has 1 aliphatic rings. The van der Waals surface area contributed by atoms with Crippen LogP contribution in [-0.4, -0.2) is 13.4 Å². The third-order valence-corrected chi connectivity index (χ3v) is 2.13. The SMILES string of the molecule is C=C1C(CC=O)=CCC(C#N)=C1OC. The van der Waals surface area contributed by atoms with Crippen LogP contribution >= 0.6 is 0 Å². The summed E-state index contributed by atoms with van der Waals surface area (Å²) in [5.74, 6) is 0.506. The van der Waals surface area contributed by atoms with Crippen molar-refractivity contribution in [3.63, 3.8) is 0 Å². The van der Waals surface area contributed by atoms with Crippen molar-refractivity contribution in [3.8, 4) is 6.07 Å². The van der Waals surface area contributed by atoms with Crippen molar-refractivity contribution in [1.82, 2.24) is 0 Å². The minimum atomic E-state index is 0.324. The monoisotopic (exact) mass is 189 g/mol. The maximum atomic E-state index is 10.4. The van der Waals surface area contributed by atoms with Crippen molar-refractivity contribution in [2.75, 3.05) is 7.11 Å². The zero-order chi connectivity index (χ0) is 10.6. The van der Waals surface area contributed by atoms with Gasteiger partial charge >= 0.3 is 0 Å². The number of aldehydes is 1. The summed E-state index contributed by atoms with van der Waals surface area (Å²) >= 11 is 0. The maximum absolute atomic E-state index is 10.4. The van der Waals surface area contributed by atoms with Crippen LogP contribution in [0.25, 0.3) is 0 Å². The predicted molar refractivity (Wildman–Crippen MR) is 52.2 cm³/mol. The topological polar surface area (TPSA) is 50.1 Å². The fraction of sp³-hybridized carbons (Fsp3) is 0.273. The Kier molecular flexibility index (Phi) is 3.24. The van der Waals surface area contributed by atoms with Gasteiger partial charge < -0.3 is 9.53 Å². The van der Waals surface area contributed by atoms with E-state index in [1.165, 1.54) is 7.11 Å². The number of rotatable bonds is 3. The van der Waals surface area contributed by atoms with Crippen LogP contribution < -0.4 is 0 Å². The second kappa shape index (κ2) is 4.43. The normalized spacial score (nSPS) is 16.0. The molecule has 0 saturated carbocycles. The van der Waals surface area contributed by atoms with Crippen LogP contribution in [0.2, 0.25) is 0 Å². The van der Waals surface area contributed by atoms with Crippen molar-refractivity contribution in [1.29, 1.82) is 5.26 Å². The molecule has 0 fully saturated rings. The summed E-state index contributed by atoms with van der Waals surface area (Å²) in [7, 11) is 1.50. The third-order valence-electron chi connectivity index (χ3n) is 2.13. The second-order valence-electron chi connectivity index (χ2n) is 2.91. The van der Waals surface area contributed by atoms with Gasteiger partial charge in [0.2, 0.25) is 0 Å². The van der Waals surface area contributed by atoms with E-state index < -0.39 is 0 Å². The number of allylic oxidation sites excluding steroid dienone is 3. The minimum Gasteiger partial charge on any atom is -0.495 e. The Morgan fingerprint density at radius 1 is 1.79 bits per heavy atom. The molecule has 0 saturated heterocycles. The van der Waals surface area contributed by atoms with Crippen LogP contribution in [0, 0.1) is 11.3 Å². The van der Waals surface area contributed by atoms with Gasteiger partial charge in [-0.25, -0.2) is 0 Å². The van der Waals surface area contributed by atoms with Crippen molar-refractivity contribution in [2.24, 2.45) is 0 Å². The smallest absolute Gasteiger partial charge is 0.139 e. The van der Waals surface area contributed by atoms with Crippen LogP contribution in [0.4, 0.5) is 0 Å². The van der Waals surface area contributed by atoms with Gasteiger partial charge in [0, 0.05) is 18.4 Å². The van der Waals surface area contributed by atoms with Gasteiger partial charge in [-0.3, -0.25) is 0 Å². The molecule has 0 radical (unpaired) electrons. The number of ether oxygens (including phenoxy) is 1. The molecule has 0 N–H and O–H groups in total. The largest absolute Gasteiger partial charge is 0.495 e. The van der Waals surface area contributed by atoms with Gasteiger partial charge in [0.1, 0.15) is 12.0 Å². The van der Waals surface area contributed by atoms with E-state index in [1.807, 2.05) is 6.08 Å². The summed E-state index contributed by atoms with van der Waals surface area (Å²) in [5.41, 5.74) is 2.05. The van der Waals surface area contributed by atoms with Gasteiger partial charge in [-0.1, -0.05) is 12.7 Å². The fourth-order valence-corrected chi connectivity index (χ4v) is 1.41. The summed E-state index contributed by atoms with van der Waals surface area (Å²) in [6.45, 7) is 3.80. The quantitative estimate of drug-likeness (QED) is 0.637. The Morgan fingerprint density at radius 2 is 2.50 bits per heavy atom. The molecule has 3 heteroatoms. The molecule has 0 heterocycles. The molecule has 14 heavy (non-hydrogen) atoms. The Bertz CT molecular complexity index is 369. The third kappa shape index (κ3) is 1.74. The summed E-state index contributed by atoms with van der Waals surface area (Å²) in [6, 6.07) is 2.06. The van der Waals surface area contributed by atoms with E-state index in [0.717, 1.165) is 11.9 Å². The molecule has 3 nitrogen and oxygen atoms in total. The predicted octanol–water partition coefficient (Wildman–Crippen LogP) is 1.89. The Morgan fingerprint density at radius 3 is 3.00 bits per heavy atom. The van der Waals surface area contributed by atoms with Crippen LogP contribution in [-0.2, 0) is 9.53 Å². The molecular formula is C11H11NO2. The van der Waals surface area contributed by atoms with Crippen LogP contribution in [0.1, 0.15) is 12.8 Å². The first-order chi connectivity index (χ1) is 6.74. The molecule has 0 bridgehead atoms. The molecule has 0 amide bonds. The molecule has 1 aliphatic carbocycles. The highest BCUT2D eigenvalue weighted by molar-refractivity contribution is 5.62. The molecule has 0 aromatic rings. The Hall–Kier alpha value is -1.82. The molecule has 72 valence electrons.